The number of hydrogen-bond acceptors (Lipinski definition) is 7. The lowest BCUT2D eigenvalue weighted by Gasteiger charge is -2.41. The van der Waals surface area contributed by atoms with Gasteiger partial charge in [-0.25, -0.2) is 15.0 Å². The number of pyridine rings is 1. The Balaban J connectivity index is 1.73. The molecule has 2 aliphatic carbocycles. The molecule has 35 heavy (non-hydrogen) atoms. The highest BCUT2D eigenvalue weighted by Gasteiger charge is 2.43. The Morgan fingerprint density at radius 1 is 0.771 bits per heavy atom. The third-order valence-electron chi connectivity index (χ3n) is 7.87. The summed E-state index contributed by atoms with van der Waals surface area (Å²) >= 11 is 0. The van der Waals surface area contributed by atoms with Gasteiger partial charge < -0.3 is 5.84 Å². The van der Waals surface area contributed by atoms with E-state index in [1.54, 1.807) is 0 Å². The predicted octanol–water partition coefficient (Wildman–Crippen LogP) is 5.86. The number of hydrazone groups is 1. The molecule has 0 spiro atoms. The highest BCUT2D eigenvalue weighted by atomic mass is 15.2. The molecule has 0 saturated heterocycles. The number of aromatic nitrogens is 4. The van der Waals surface area contributed by atoms with Gasteiger partial charge in [0.05, 0.1) is 34.2 Å². The summed E-state index contributed by atoms with van der Waals surface area (Å²) < 4.78 is 0. The summed E-state index contributed by atoms with van der Waals surface area (Å²) in [6, 6.07) is 5.76. The van der Waals surface area contributed by atoms with Gasteiger partial charge in [0.1, 0.15) is 5.69 Å². The minimum atomic E-state index is -0.155. The monoisotopic (exact) mass is 473 g/mol. The van der Waals surface area contributed by atoms with Crippen molar-refractivity contribution in [2.75, 3.05) is 0 Å². The van der Waals surface area contributed by atoms with Crippen molar-refractivity contribution in [1.82, 2.24) is 20.2 Å². The zero-order chi connectivity index (χ0) is 25.8. The summed E-state index contributed by atoms with van der Waals surface area (Å²) in [5.41, 5.74) is 5.23. The van der Waals surface area contributed by atoms with Crippen molar-refractivity contribution in [3.05, 3.63) is 41.9 Å². The van der Waals surface area contributed by atoms with E-state index >= 15 is 0 Å². The van der Waals surface area contributed by atoms with Gasteiger partial charge in [-0.15, -0.1) is 5.10 Å². The summed E-state index contributed by atoms with van der Waals surface area (Å²) in [6.45, 7) is 21.8. The fourth-order valence-electron chi connectivity index (χ4n) is 5.08. The van der Waals surface area contributed by atoms with E-state index < -0.39 is 0 Å². The fraction of sp³-hybridized carbons (Fsp3) is 0.571. The van der Waals surface area contributed by atoms with E-state index in [-0.39, 0.29) is 21.7 Å². The normalized spacial score (nSPS) is 24.2. The molecule has 7 heteroatoms. The lowest BCUT2D eigenvalue weighted by molar-refractivity contribution is 0.311. The first-order chi connectivity index (χ1) is 16.2. The third kappa shape index (κ3) is 4.53. The number of aliphatic imine (C=N–C) groups is 1. The Morgan fingerprint density at radius 3 is 1.97 bits per heavy atom. The van der Waals surface area contributed by atoms with E-state index in [0.717, 1.165) is 48.5 Å². The number of nitrogens with two attached hydrogens (primary N) is 1. The summed E-state index contributed by atoms with van der Waals surface area (Å²) in [5, 5.41) is 13.3. The van der Waals surface area contributed by atoms with Gasteiger partial charge in [-0.2, -0.15) is 10.2 Å². The van der Waals surface area contributed by atoms with Crippen LogP contribution in [0.5, 0.6) is 0 Å². The van der Waals surface area contributed by atoms with Crippen LogP contribution in [0.4, 0.5) is 0 Å². The Kier molecular flexibility index (Phi) is 5.97. The first-order valence-corrected chi connectivity index (χ1v) is 12.5. The second-order valence-electron chi connectivity index (χ2n) is 12.7. The molecule has 2 aromatic heterocycles. The molecule has 2 aliphatic rings. The molecule has 0 radical (unpaired) electrons. The van der Waals surface area contributed by atoms with Crippen LogP contribution in [-0.2, 0) is 10.8 Å². The van der Waals surface area contributed by atoms with Crippen LogP contribution in [0.25, 0.3) is 17.2 Å². The molecule has 1 fully saturated rings. The van der Waals surface area contributed by atoms with Crippen LogP contribution >= 0.6 is 0 Å². The van der Waals surface area contributed by atoms with Gasteiger partial charge in [-0.3, -0.25) is 0 Å². The van der Waals surface area contributed by atoms with Crippen LogP contribution in [0.2, 0.25) is 0 Å². The van der Waals surface area contributed by atoms with Crippen LogP contribution in [0, 0.1) is 10.8 Å². The number of rotatable bonds is 3. The molecule has 0 amide bonds. The van der Waals surface area contributed by atoms with E-state index in [1.807, 2.05) is 18.2 Å². The minimum absolute atomic E-state index is 0.0358. The summed E-state index contributed by atoms with van der Waals surface area (Å²) in [5.74, 6) is 6.37. The standard InChI is InChI=1S/C28H39N7/c1-17(30-20-22(33-29)27(6,7)15-13-25(20,2)3)18-11-10-12-19(31-18)24-32-21-23(34-35-24)28(8,9)16-14-26(21,4)5/h10-12H,1,13-16,29H2,2-9H3/b30-20+,33-22+. The maximum absolute atomic E-state index is 5.84. The minimum Gasteiger partial charge on any atom is -0.323 e. The zero-order valence-corrected chi connectivity index (χ0v) is 22.5. The van der Waals surface area contributed by atoms with Crippen LogP contribution < -0.4 is 5.84 Å². The average molecular weight is 474 g/mol. The molecular weight excluding hydrogens is 434 g/mol. The number of fused-ring (bicyclic) bond motifs is 1. The predicted molar refractivity (Wildman–Crippen MR) is 143 cm³/mol. The van der Waals surface area contributed by atoms with Crippen molar-refractivity contribution in [3.63, 3.8) is 0 Å². The highest BCUT2D eigenvalue weighted by Crippen LogP contribution is 2.44. The zero-order valence-electron chi connectivity index (χ0n) is 22.5. The SMILES string of the molecule is C=C(/N=C1\C(=N/N)C(C)(C)CCC1(C)C)c1cccc(-c2nnc3c(n2)C(C)(C)CCC3(C)C)n1. The highest BCUT2D eigenvalue weighted by molar-refractivity contribution is 6.46. The molecule has 2 aromatic rings. The Morgan fingerprint density at radius 2 is 1.34 bits per heavy atom. The molecule has 0 aromatic carbocycles. The molecule has 0 atom stereocenters. The lowest BCUT2D eigenvalue weighted by atomic mass is 9.64. The maximum atomic E-state index is 5.84. The van der Waals surface area contributed by atoms with Gasteiger partial charge in [0.2, 0.25) is 5.82 Å². The van der Waals surface area contributed by atoms with Crippen molar-refractivity contribution in [1.29, 1.82) is 0 Å². The van der Waals surface area contributed by atoms with Crippen molar-refractivity contribution in [3.8, 4) is 11.5 Å². The van der Waals surface area contributed by atoms with E-state index in [1.165, 1.54) is 0 Å². The van der Waals surface area contributed by atoms with Crippen LogP contribution in [0.15, 0.2) is 34.9 Å². The van der Waals surface area contributed by atoms with E-state index in [2.05, 4.69) is 77.3 Å². The van der Waals surface area contributed by atoms with Gasteiger partial charge in [0.15, 0.2) is 0 Å². The Hall–Kier alpha value is -2.96. The first-order valence-electron chi connectivity index (χ1n) is 12.5. The second kappa shape index (κ2) is 8.32. The van der Waals surface area contributed by atoms with E-state index in [4.69, 9.17) is 20.8 Å². The molecular formula is C28H39N7. The summed E-state index contributed by atoms with van der Waals surface area (Å²) in [7, 11) is 0. The summed E-state index contributed by atoms with van der Waals surface area (Å²) in [4.78, 5) is 14.8. The Bertz CT molecular complexity index is 1230. The molecule has 0 unspecified atom stereocenters. The molecule has 4 rings (SSSR count). The van der Waals surface area contributed by atoms with Crippen LogP contribution in [0.3, 0.4) is 0 Å². The third-order valence-corrected chi connectivity index (χ3v) is 7.87. The molecule has 0 aliphatic heterocycles. The van der Waals surface area contributed by atoms with E-state index in [9.17, 15) is 0 Å². The van der Waals surface area contributed by atoms with Gasteiger partial charge >= 0.3 is 0 Å². The Labute approximate surface area is 209 Å². The molecule has 1 saturated carbocycles. The largest absolute Gasteiger partial charge is 0.323 e. The molecule has 0 bridgehead atoms. The first kappa shape index (κ1) is 25.1. The second-order valence-corrected chi connectivity index (χ2v) is 12.7. The van der Waals surface area contributed by atoms with Gasteiger partial charge in [0.25, 0.3) is 0 Å². The van der Waals surface area contributed by atoms with Crippen LogP contribution in [0.1, 0.15) is 98.2 Å². The van der Waals surface area contributed by atoms with Gasteiger partial charge in [0, 0.05) is 21.7 Å². The average Bonchev–Trinajstić information content (AvgIpc) is 2.80. The fourth-order valence-corrected chi connectivity index (χ4v) is 5.08. The molecule has 2 N–H and O–H groups in total. The van der Waals surface area contributed by atoms with Gasteiger partial charge in [-0.1, -0.05) is 68.0 Å². The molecule has 7 nitrogen and oxygen atoms in total. The van der Waals surface area contributed by atoms with Gasteiger partial charge in [-0.05, 0) is 37.8 Å². The quantitative estimate of drug-likeness (QED) is 0.444. The van der Waals surface area contributed by atoms with Crippen molar-refractivity contribution < 1.29 is 0 Å². The maximum Gasteiger partial charge on any atom is 0.200 e. The number of nitrogens with zero attached hydrogens (tertiary/aromatic N) is 6. The topological polar surface area (TPSA) is 102 Å². The van der Waals surface area contributed by atoms with Crippen molar-refractivity contribution in [2.24, 2.45) is 26.8 Å². The smallest absolute Gasteiger partial charge is 0.200 e. The van der Waals surface area contributed by atoms with Crippen LogP contribution in [-0.4, -0.2) is 31.6 Å². The van der Waals surface area contributed by atoms with Crippen molar-refractivity contribution >= 4 is 17.1 Å². The molecule has 2 heterocycles. The molecule has 186 valence electrons. The number of hydrogen-bond donors (Lipinski definition) is 1. The van der Waals surface area contributed by atoms with Crippen molar-refractivity contribution in [2.45, 2.75) is 91.9 Å². The lowest BCUT2D eigenvalue weighted by Crippen LogP contribution is -2.46. The summed E-state index contributed by atoms with van der Waals surface area (Å²) in [6.07, 6.45) is 4.13. The van der Waals surface area contributed by atoms with E-state index in [0.29, 0.717) is 22.9 Å².